The van der Waals surface area contributed by atoms with Gasteiger partial charge < -0.3 is 4.90 Å². The third-order valence-electron chi connectivity index (χ3n) is 3.10. The Bertz CT molecular complexity index is 391. The monoisotopic (exact) mass is 359 g/mol. The molecule has 0 bridgehead atoms. The van der Waals surface area contributed by atoms with Crippen molar-refractivity contribution < 1.29 is 4.79 Å². The van der Waals surface area contributed by atoms with Crippen molar-refractivity contribution in [3.05, 3.63) is 34.3 Å². The molecule has 0 saturated carbocycles. The Morgan fingerprint density at radius 1 is 1.29 bits per heavy atom. The molecule has 1 aromatic carbocycles. The summed E-state index contributed by atoms with van der Waals surface area (Å²) in [7, 11) is 0. The largest absolute Gasteiger partial charge is 0.342 e. The van der Waals surface area contributed by atoms with Crippen LogP contribution in [0.25, 0.3) is 0 Å². The average molecular weight is 361 g/mol. The minimum Gasteiger partial charge on any atom is -0.342 e. The number of halogens is 2. The number of carbonyl (C=O) groups excluding carboxylic acids is 1. The number of hydrogen-bond acceptors (Lipinski definition) is 1. The maximum Gasteiger partial charge on any atom is 0.222 e. The predicted molar refractivity (Wildman–Crippen MR) is 76.3 cm³/mol. The second kappa shape index (κ2) is 6.01. The molecule has 0 spiro atoms. The predicted octanol–water partition coefficient (Wildman–Crippen LogP) is 3.24. The topological polar surface area (TPSA) is 20.3 Å². The van der Waals surface area contributed by atoms with E-state index in [9.17, 15) is 4.79 Å². The highest BCUT2D eigenvalue weighted by atomic mass is 79.9. The molecule has 0 aromatic heterocycles. The molecular formula is C13H15Br2NO. The van der Waals surface area contributed by atoms with Gasteiger partial charge in [0.2, 0.25) is 5.91 Å². The van der Waals surface area contributed by atoms with Crippen molar-refractivity contribution >= 4 is 37.8 Å². The van der Waals surface area contributed by atoms with Crippen LogP contribution in [0.3, 0.4) is 0 Å². The molecule has 17 heavy (non-hydrogen) atoms. The van der Waals surface area contributed by atoms with Gasteiger partial charge in [-0.1, -0.05) is 44.0 Å². The lowest BCUT2D eigenvalue weighted by atomic mass is 10.1. The molecule has 0 aliphatic carbocycles. The Kier molecular flexibility index (Phi) is 4.62. The fourth-order valence-corrected chi connectivity index (χ4v) is 2.79. The van der Waals surface area contributed by atoms with Crippen LogP contribution >= 0.6 is 31.9 Å². The van der Waals surface area contributed by atoms with Crippen molar-refractivity contribution in [3.8, 4) is 0 Å². The molecule has 0 N–H and O–H groups in total. The van der Waals surface area contributed by atoms with Crippen molar-refractivity contribution in [2.45, 2.75) is 12.8 Å². The third kappa shape index (κ3) is 3.55. The van der Waals surface area contributed by atoms with E-state index < -0.39 is 0 Å². The van der Waals surface area contributed by atoms with Gasteiger partial charge in [0.05, 0.1) is 0 Å². The van der Waals surface area contributed by atoms with Gasteiger partial charge in [-0.05, 0) is 30.0 Å². The Balaban J connectivity index is 1.86. The van der Waals surface area contributed by atoms with Crippen molar-refractivity contribution in [2.24, 2.45) is 5.92 Å². The summed E-state index contributed by atoms with van der Waals surface area (Å²) in [5.74, 6) is 0.791. The molecule has 0 radical (unpaired) electrons. The Morgan fingerprint density at radius 3 is 2.59 bits per heavy atom. The number of likely N-dealkylation sites (tertiary alicyclic amines) is 1. The molecule has 1 unspecified atom stereocenters. The van der Waals surface area contributed by atoms with Gasteiger partial charge in [0.15, 0.2) is 0 Å². The first-order valence-corrected chi connectivity index (χ1v) is 7.68. The van der Waals surface area contributed by atoms with Gasteiger partial charge in [-0.15, -0.1) is 0 Å². The molecule has 1 heterocycles. The minimum absolute atomic E-state index is 0.298. The van der Waals surface area contributed by atoms with Gasteiger partial charge in [-0.2, -0.15) is 0 Å². The van der Waals surface area contributed by atoms with Crippen LogP contribution in [0.2, 0.25) is 0 Å². The van der Waals surface area contributed by atoms with E-state index in [4.69, 9.17) is 0 Å². The number of nitrogens with zero attached hydrogens (tertiary/aromatic N) is 1. The number of carbonyl (C=O) groups is 1. The van der Waals surface area contributed by atoms with Crippen LogP contribution in [0, 0.1) is 5.92 Å². The van der Waals surface area contributed by atoms with E-state index >= 15 is 0 Å². The quantitative estimate of drug-likeness (QED) is 0.755. The summed E-state index contributed by atoms with van der Waals surface area (Å²) in [4.78, 5) is 13.7. The van der Waals surface area contributed by atoms with E-state index in [1.165, 1.54) is 5.56 Å². The molecule has 92 valence electrons. The molecule has 1 aliphatic heterocycles. The second-order valence-corrected chi connectivity index (χ2v) is 6.00. The summed E-state index contributed by atoms with van der Waals surface area (Å²) < 4.78 is 1.10. The lowest BCUT2D eigenvalue weighted by molar-refractivity contribution is -0.127. The molecule has 1 aliphatic rings. The van der Waals surface area contributed by atoms with Gasteiger partial charge in [-0.25, -0.2) is 0 Å². The van der Waals surface area contributed by atoms with Gasteiger partial charge >= 0.3 is 0 Å². The average Bonchev–Trinajstić information content (AvgIpc) is 2.69. The highest BCUT2D eigenvalue weighted by molar-refractivity contribution is 9.10. The van der Waals surface area contributed by atoms with E-state index in [0.717, 1.165) is 29.3 Å². The molecule has 1 amide bonds. The zero-order chi connectivity index (χ0) is 12.3. The van der Waals surface area contributed by atoms with Crippen LogP contribution in [0.4, 0.5) is 0 Å². The Hall–Kier alpha value is -0.350. The van der Waals surface area contributed by atoms with E-state index in [1.807, 2.05) is 17.0 Å². The number of rotatable bonds is 4. The number of alkyl halides is 1. The highest BCUT2D eigenvalue weighted by Gasteiger charge is 2.27. The van der Waals surface area contributed by atoms with E-state index in [0.29, 0.717) is 18.2 Å². The van der Waals surface area contributed by atoms with E-state index in [2.05, 4.69) is 44.0 Å². The molecule has 1 fully saturated rings. The second-order valence-electron chi connectivity index (χ2n) is 4.44. The van der Waals surface area contributed by atoms with Crippen molar-refractivity contribution in [1.29, 1.82) is 0 Å². The summed E-state index contributed by atoms with van der Waals surface area (Å²) in [5, 5.41) is 0.924. The molecule has 2 nitrogen and oxygen atoms in total. The number of hydrogen-bond donors (Lipinski definition) is 0. The number of benzene rings is 1. The third-order valence-corrected chi connectivity index (χ3v) is 4.54. The van der Waals surface area contributed by atoms with Gasteiger partial charge in [0, 0.05) is 29.3 Å². The molecule has 2 rings (SSSR count). The fourth-order valence-electron chi connectivity index (χ4n) is 2.09. The first-order chi connectivity index (χ1) is 8.19. The standard InChI is InChI=1S/C13H15Br2NO/c14-8-11-7-13(17)16(9-11)6-5-10-1-3-12(15)4-2-10/h1-4,11H,5-9H2. The summed E-state index contributed by atoms with van der Waals surface area (Å²) in [6.07, 6.45) is 1.64. The molecule has 4 heteroatoms. The minimum atomic E-state index is 0.298. The summed E-state index contributed by atoms with van der Waals surface area (Å²) in [5.41, 5.74) is 1.28. The maximum atomic E-state index is 11.7. The maximum absolute atomic E-state index is 11.7. The van der Waals surface area contributed by atoms with Crippen molar-refractivity contribution in [1.82, 2.24) is 4.90 Å². The molecule has 1 saturated heterocycles. The van der Waals surface area contributed by atoms with Gasteiger partial charge in [0.1, 0.15) is 0 Å². The first kappa shape index (κ1) is 13.1. The first-order valence-electron chi connectivity index (χ1n) is 5.77. The fraction of sp³-hybridized carbons (Fsp3) is 0.462. The van der Waals surface area contributed by atoms with Crippen molar-refractivity contribution in [2.75, 3.05) is 18.4 Å². The summed E-state index contributed by atoms with van der Waals surface area (Å²) in [6.45, 7) is 1.74. The molecule has 1 atom stereocenters. The zero-order valence-electron chi connectivity index (χ0n) is 9.53. The summed E-state index contributed by atoms with van der Waals surface area (Å²) in [6, 6.07) is 8.30. The van der Waals surface area contributed by atoms with E-state index in [1.54, 1.807) is 0 Å². The SMILES string of the molecule is O=C1CC(CBr)CN1CCc1ccc(Br)cc1. The van der Waals surface area contributed by atoms with Crippen LogP contribution in [-0.2, 0) is 11.2 Å². The van der Waals surface area contributed by atoms with Crippen LogP contribution < -0.4 is 0 Å². The molecule has 1 aromatic rings. The van der Waals surface area contributed by atoms with Crippen LogP contribution in [0.15, 0.2) is 28.7 Å². The lowest BCUT2D eigenvalue weighted by Gasteiger charge is -2.16. The van der Waals surface area contributed by atoms with Crippen LogP contribution in [0.1, 0.15) is 12.0 Å². The van der Waals surface area contributed by atoms with Crippen LogP contribution in [-0.4, -0.2) is 29.2 Å². The van der Waals surface area contributed by atoms with Crippen molar-refractivity contribution in [3.63, 3.8) is 0 Å². The Morgan fingerprint density at radius 2 is 2.00 bits per heavy atom. The number of amides is 1. The molecular weight excluding hydrogens is 346 g/mol. The zero-order valence-corrected chi connectivity index (χ0v) is 12.7. The summed E-state index contributed by atoms with van der Waals surface area (Å²) >= 11 is 6.87. The smallest absolute Gasteiger partial charge is 0.222 e. The normalized spacial score (nSPS) is 20.0. The lowest BCUT2D eigenvalue weighted by Crippen LogP contribution is -2.27. The highest BCUT2D eigenvalue weighted by Crippen LogP contribution is 2.20. The van der Waals surface area contributed by atoms with E-state index in [-0.39, 0.29) is 0 Å². The Labute approximate surface area is 119 Å². The van der Waals surface area contributed by atoms with Crippen LogP contribution in [0.5, 0.6) is 0 Å². The van der Waals surface area contributed by atoms with Gasteiger partial charge in [0.25, 0.3) is 0 Å². The van der Waals surface area contributed by atoms with Gasteiger partial charge in [-0.3, -0.25) is 4.79 Å².